The van der Waals surface area contributed by atoms with E-state index in [1.807, 2.05) is 11.0 Å². The summed E-state index contributed by atoms with van der Waals surface area (Å²) in [6.45, 7) is 6.05. The van der Waals surface area contributed by atoms with Crippen LogP contribution in [0.4, 0.5) is 5.00 Å². The Morgan fingerprint density at radius 2 is 2.19 bits per heavy atom. The molecule has 6 nitrogen and oxygen atoms in total. The molecule has 1 fully saturated rings. The number of aryl methyl sites for hydroxylation is 1. The van der Waals surface area contributed by atoms with Crippen molar-refractivity contribution in [1.82, 2.24) is 9.80 Å². The second kappa shape index (κ2) is 8.42. The summed E-state index contributed by atoms with van der Waals surface area (Å²) in [7, 11) is 0. The molecular formula is C19H23N3O3S. The molecule has 7 heteroatoms. The lowest BCUT2D eigenvalue weighted by Crippen LogP contribution is -2.30. The molecule has 3 rings (SSSR count). The van der Waals surface area contributed by atoms with Gasteiger partial charge in [-0.15, -0.1) is 0 Å². The number of nitro groups is 1. The number of carbonyl (C=O) groups is 1. The maximum absolute atomic E-state index is 11.0. The van der Waals surface area contributed by atoms with Gasteiger partial charge in [-0.05, 0) is 30.9 Å². The minimum Gasteiger partial charge on any atom is -0.345 e. The van der Waals surface area contributed by atoms with Gasteiger partial charge in [0.2, 0.25) is 6.41 Å². The normalized spacial score (nSPS) is 17.0. The molecule has 0 radical (unpaired) electrons. The Labute approximate surface area is 157 Å². The SMILES string of the molecule is Cc1cccc(CN(Cc2ccc([N+](=O)[O-])s2)CC2CCN(C=O)C2)c1. The summed E-state index contributed by atoms with van der Waals surface area (Å²) < 4.78 is 0. The Morgan fingerprint density at radius 1 is 1.35 bits per heavy atom. The lowest BCUT2D eigenvalue weighted by atomic mass is 10.1. The van der Waals surface area contributed by atoms with Crippen molar-refractivity contribution < 1.29 is 9.72 Å². The van der Waals surface area contributed by atoms with E-state index >= 15 is 0 Å². The first-order chi connectivity index (χ1) is 12.5. The molecule has 2 aromatic rings. The predicted octanol–water partition coefficient (Wildman–Crippen LogP) is 3.45. The molecule has 138 valence electrons. The number of hydrogen-bond donors (Lipinski definition) is 0. The Morgan fingerprint density at radius 3 is 2.85 bits per heavy atom. The van der Waals surface area contributed by atoms with E-state index in [0.29, 0.717) is 12.5 Å². The van der Waals surface area contributed by atoms with Crippen molar-refractivity contribution in [2.75, 3.05) is 19.6 Å². The lowest BCUT2D eigenvalue weighted by molar-refractivity contribution is -0.380. The number of benzene rings is 1. The van der Waals surface area contributed by atoms with Gasteiger partial charge in [-0.25, -0.2) is 0 Å². The second-order valence-electron chi connectivity index (χ2n) is 6.91. The zero-order valence-corrected chi connectivity index (χ0v) is 15.7. The Hall–Kier alpha value is -2.25. The first kappa shape index (κ1) is 18.5. The van der Waals surface area contributed by atoms with Gasteiger partial charge in [-0.2, -0.15) is 0 Å². The lowest BCUT2D eigenvalue weighted by Gasteiger charge is -2.25. The van der Waals surface area contributed by atoms with E-state index in [1.54, 1.807) is 6.07 Å². The maximum atomic E-state index is 11.0. The summed E-state index contributed by atoms with van der Waals surface area (Å²) in [6.07, 6.45) is 1.93. The highest BCUT2D eigenvalue weighted by Crippen LogP contribution is 2.27. The summed E-state index contributed by atoms with van der Waals surface area (Å²) >= 11 is 1.24. The molecule has 0 saturated carbocycles. The standard InChI is InChI=1S/C19H23N3O3S/c1-15-3-2-4-16(9-15)10-21(12-17-7-8-20(11-17)14-23)13-18-5-6-19(26-18)22(24)25/h2-6,9,14,17H,7-8,10-13H2,1H3. The maximum Gasteiger partial charge on any atom is 0.324 e. The fraction of sp³-hybridized carbons (Fsp3) is 0.421. The van der Waals surface area contributed by atoms with Gasteiger partial charge in [0.05, 0.1) is 4.92 Å². The predicted molar refractivity (Wildman–Crippen MR) is 102 cm³/mol. The Kier molecular flexibility index (Phi) is 6.00. The van der Waals surface area contributed by atoms with Crippen LogP contribution in [0.5, 0.6) is 0 Å². The van der Waals surface area contributed by atoms with Crippen molar-refractivity contribution in [2.24, 2.45) is 5.92 Å². The number of carbonyl (C=O) groups excluding carboxylic acids is 1. The average molecular weight is 373 g/mol. The minimum atomic E-state index is -0.335. The van der Waals surface area contributed by atoms with Gasteiger partial charge in [0.25, 0.3) is 0 Å². The number of hydrogen-bond acceptors (Lipinski definition) is 5. The van der Waals surface area contributed by atoms with Crippen molar-refractivity contribution in [3.05, 3.63) is 62.5 Å². The number of thiophene rings is 1. The highest BCUT2D eigenvalue weighted by molar-refractivity contribution is 7.15. The third kappa shape index (κ3) is 4.89. The van der Waals surface area contributed by atoms with E-state index in [9.17, 15) is 14.9 Å². The summed E-state index contributed by atoms with van der Waals surface area (Å²) in [4.78, 5) is 26.7. The summed E-state index contributed by atoms with van der Waals surface area (Å²) in [5.74, 6) is 0.444. The van der Waals surface area contributed by atoms with E-state index in [2.05, 4.69) is 36.1 Å². The molecule has 0 aliphatic carbocycles. The van der Waals surface area contributed by atoms with Gasteiger partial charge in [-0.1, -0.05) is 41.2 Å². The van der Waals surface area contributed by atoms with E-state index in [1.165, 1.54) is 22.5 Å². The van der Waals surface area contributed by atoms with Crippen molar-refractivity contribution in [3.8, 4) is 0 Å². The molecule has 0 N–H and O–H groups in total. The third-order valence-corrected chi connectivity index (χ3v) is 5.70. The van der Waals surface area contributed by atoms with E-state index in [-0.39, 0.29) is 9.92 Å². The highest BCUT2D eigenvalue weighted by Gasteiger charge is 2.24. The molecule has 1 saturated heterocycles. The van der Waals surface area contributed by atoms with Crippen molar-refractivity contribution in [2.45, 2.75) is 26.4 Å². The Bertz CT molecular complexity index is 777. The van der Waals surface area contributed by atoms with Gasteiger partial charge in [-0.3, -0.25) is 19.8 Å². The van der Waals surface area contributed by atoms with Crippen LogP contribution in [0.3, 0.4) is 0 Å². The first-order valence-electron chi connectivity index (χ1n) is 8.74. The summed E-state index contributed by atoms with van der Waals surface area (Å²) in [5, 5.41) is 11.1. The highest BCUT2D eigenvalue weighted by atomic mass is 32.1. The average Bonchev–Trinajstić information content (AvgIpc) is 3.24. The molecule has 26 heavy (non-hydrogen) atoms. The quantitative estimate of drug-likeness (QED) is 0.404. The first-order valence-corrected chi connectivity index (χ1v) is 9.55. The van der Waals surface area contributed by atoms with Crippen LogP contribution >= 0.6 is 11.3 Å². The molecule has 1 aromatic heterocycles. The smallest absolute Gasteiger partial charge is 0.324 e. The molecule has 0 bridgehead atoms. The van der Waals surface area contributed by atoms with Crippen LogP contribution in [0, 0.1) is 23.0 Å². The fourth-order valence-electron chi connectivity index (χ4n) is 3.50. The molecule has 1 atom stereocenters. The fourth-order valence-corrected chi connectivity index (χ4v) is 4.36. The molecule has 1 unspecified atom stereocenters. The number of nitrogens with zero attached hydrogens (tertiary/aromatic N) is 3. The summed E-state index contributed by atoms with van der Waals surface area (Å²) in [6, 6.07) is 11.9. The van der Waals surface area contributed by atoms with Crippen LogP contribution in [-0.2, 0) is 17.9 Å². The van der Waals surface area contributed by atoms with Crippen LogP contribution in [0.25, 0.3) is 0 Å². The molecular weight excluding hydrogens is 350 g/mol. The zero-order valence-electron chi connectivity index (χ0n) is 14.8. The summed E-state index contributed by atoms with van der Waals surface area (Å²) in [5.41, 5.74) is 2.46. The van der Waals surface area contributed by atoms with Gasteiger partial charge < -0.3 is 4.90 Å². The van der Waals surface area contributed by atoms with Crippen LogP contribution in [0.1, 0.15) is 22.4 Å². The van der Waals surface area contributed by atoms with Gasteiger partial charge in [0.15, 0.2) is 0 Å². The van der Waals surface area contributed by atoms with Crippen molar-refractivity contribution in [3.63, 3.8) is 0 Å². The molecule has 1 aliphatic rings. The zero-order chi connectivity index (χ0) is 18.5. The molecule has 1 aliphatic heterocycles. The van der Waals surface area contributed by atoms with Crippen LogP contribution in [-0.4, -0.2) is 40.8 Å². The second-order valence-corrected chi connectivity index (χ2v) is 8.06. The topological polar surface area (TPSA) is 66.7 Å². The largest absolute Gasteiger partial charge is 0.345 e. The number of likely N-dealkylation sites (tertiary alicyclic amines) is 1. The van der Waals surface area contributed by atoms with E-state index in [4.69, 9.17) is 0 Å². The number of amides is 1. The monoisotopic (exact) mass is 373 g/mol. The van der Waals surface area contributed by atoms with Gasteiger partial charge in [0, 0.05) is 43.7 Å². The van der Waals surface area contributed by atoms with Crippen LogP contribution in [0.15, 0.2) is 36.4 Å². The van der Waals surface area contributed by atoms with Crippen molar-refractivity contribution in [1.29, 1.82) is 0 Å². The van der Waals surface area contributed by atoms with E-state index < -0.39 is 0 Å². The van der Waals surface area contributed by atoms with Gasteiger partial charge >= 0.3 is 5.00 Å². The molecule has 0 spiro atoms. The van der Waals surface area contributed by atoms with Crippen molar-refractivity contribution >= 4 is 22.7 Å². The van der Waals surface area contributed by atoms with Gasteiger partial charge in [0.1, 0.15) is 0 Å². The Balaban J connectivity index is 1.71. The van der Waals surface area contributed by atoms with Crippen LogP contribution < -0.4 is 0 Å². The third-order valence-electron chi connectivity index (χ3n) is 4.68. The van der Waals surface area contributed by atoms with Crippen LogP contribution in [0.2, 0.25) is 0 Å². The number of rotatable bonds is 8. The van der Waals surface area contributed by atoms with E-state index in [0.717, 1.165) is 43.9 Å². The molecule has 2 heterocycles. The molecule has 1 aromatic carbocycles. The molecule has 1 amide bonds. The minimum absolute atomic E-state index is 0.184.